The van der Waals surface area contributed by atoms with Gasteiger partial charge in [0, 0.05) is 17.5 Å². The molecular weight excluding hydrogens is 358 g/mol. The molecule has 2 aromatic heterocycles. The van der Waals surface area contributed by atoms with E-state index in [2.05, 4.69) is 44.9 Å². The van der Waals surface area contributed by atoms with E-state index in [1.165, 1.54) is 24.0 Å². The van der Waals surface area contributed by atoms with Gasteiger partial charge in [-0.15, -0.1) is 15.3 Å². The van der Waals surface area contributed by atoms with Crippen LogP contribution in [-0.4, -0.2) is 19.8 Å². The summed E-state index contributed by atoms with van der Waals surface area (Å²) in [6.45, 7) is 0.679. The smallest absolute Gasteiger partial charge is 0.178 e. The van der Waals surface area contributed by atoms with Crippen LogP contribution in [0.2, 0.25) is 5.02 Å². The highest BCUT2D eigenvalue weighted by Gasteiger charge is 2.29. The van der Waals surface area contributed by atoms with Crippen molar-refractivity contribution in [1.82, 2.24) is 19.8 Å². The molecular formula is C21H18ClN5. The summed E-state index contributed by atoms with van der Waals surface area (Å²) in [7, 11) is 0. The highest BCUT2D eigenvalue weighted by Crippen LogP contribution is 2.38. The van der Waals surface area contributed by atoms with Gasteiger partial charge in [-0.3, -0.25) is 0 Å². The van der Waals surface area contributed by atoms with E-state index in [1.54, 1.807) is 0 Å². The van der Waals surface area contributed by atoms with Crippen LogP contribution in [0, 0.1) is 0 Å². The topological polar surface area (TPSA) is 55.1 Å². The summed E-state index contributed by atoms with van der Waals surface area (Å²) in [5.74, 6) is 2.29. The summed E-state index contributed by atoms with van der Waals surface area (Å²) in [5, 5.41) is 17.4. The van der Waals surface area contributed by atoms with Crippen molar-refractivity contribution in [2.45, 2.75) is 25.3 Å². The third-order valence-corrected chi connectivity index (χ3v) is 5.11. The second-order valence-corrected chi connectivity index (χ2v) is 7.28. The van der Waals surface area contributed by atoms with E-state index >= 15 is 0 Å². The Labute approximate surface area is 162 Å². The van der Waals surface area contributed by atoms with Gasteiger partial charge in [-0.25, -0.2) is 0 Å². The average molecular weight is 376 g/mol. The summed E-state index contributed by atoms with van der Waals surface area (Å²) in [6, 6.07) is 20.2. The quantitative estimate of drug-likeness (QED) is 0.537. The minimum Gasteiger partial charge on any atom is -0.365 e. The molecule has 6 heteroatoms. The summed E-state index contributed by atoms with van der Waals surface area (Å²) in [4.78, 5) is 0. The van der Waals surface area contributed by atoms with Crippen LogP contribution < -0.4 is 5.32 Å². The lowest BCUT2D eigenvalue weighted by atomic mass is 10.00. The van der Waals surface area contributed by atoms with Crippen molar-refractivity contribution in [2.24, 2.45) is 0 Å². The predicted octanol–water partition coefficient (Wildman–Crippen LogP) is 4.93. The van der Waals surface area contributed by atoms with Crippen molar-refractivity contribution < 1.29 is 0 Å². The average Bonchev–Trinajstić information content (AvgIpc) is 3.46. The van der Waals surface area contributed by atoms with Gasteiger partial charge in [0.25, 0.3) is 0 Å². The van der Waals surface area contributed by atoms with Crippen molar-refractivity contribution in [3.63, 3.8) is 0 Å². The van der Waals surface area contributed by atoms with Gasteiger partial charge >= 0.3 is 0 Å². The first-order chi connectivity index (χ1) is 13.3. The van der Waals surface area contributed by atoms with Crippen LogP contribution in [0.25, 0.3) is 16.8 Å². The van der Waals surface area contributed by atoms with Gasteiger partial charge in [-0.2, -0.15) is 4.52 Å². The molecule has 0 atom stereocenters. The normalized spacial score (nSPS) is 13.8. The Hall–Kier alpha value is -2.92. The molecule has 1 fully saturated rings. The molecule has 2 aromatic carbocycles. The van der Waals surface area contributed by atoms with Crippen molar-refractivity contribution in [2.75, 3.05) is 5.32 Å². The largest absolute Gasteiger partial charge is 0.365 e. The monoisotopic (exact) mass is 375 g/mol. The van der Waals surface area contributed by atoms with Gasteiger partial charge in [-0.1, -0.05) is 48.0 Å². The molecule has 2 heterocycles. The fourth-order valence-corrected chi connectivity index (χ4v) is 3.39. The number of nitrogens with zero attached hydrogens (tertiary/aromatic N) is 4. The SMILES string of the molecule is Clc1ccc(-c2ccccc2CNc2ccc3nnc(C4CC4)n3n2)cc1. The van der Waals surface area contributed by atoms with Crippen LogP contribution in [0.4, 0.5) is 5.82 Å². The summed E-state index contributed by atoms with van der Waals surface area (Å²) < 4.78 is 1.87. The number of hydrogen-bond acceptors (Lipinski definition) is 4. The second-order valence-electron chi connectivity index (χ2n) is 6.84. The van der Waals surface area contributed by atoms with Gasteiger partial charge in [0.1, 0.15) is 5.82 Å². The number of anilines is 1. The Kier molecular flexibility index (Phi) is 4.02. The van der Waals surface area contributed by atoms with E-state index in [1.807, 2.05) is 40.9 Å². The fraction of sp³-hybridized carbons (Fsp3) is 0.190. The van der Waals surface area contributed by atoms with E-state index in [0.717, 1.165) is 27.9 Å². The van der Waals surface area contributed by atoms with Gasteiger partial charge in [-0.05, 0) is 53.8 Å². The molecule has 0 saturated heterocycles. The molecule has 0 amide bonds. The molecule has 0 aliphatic heterocycles. The molecule has 1 aliphatic rings. The van der Waals surface area contributed by atoms with E-state index in [0.29, 0.717) is 12.5 Å². The molecule has 1 N–H and O–H groups in total. The van der Waals surface area contributed by atoms with Crippen molar-refractivity contribution in [3.8, 4) is 11.1 Å². The fourth-order valence-electron chi connectivity index (χ4n) is 3.27. The van der Waals surface area contributed by atoms with Gasteiger partial charge in [0.15, 0.2) is 11.5 Å². The first-order valence-corrected chi connectivity index (χ1v) is 9.46. The van der Waals surface area contributed by atoms with Gasteiger partial charge in [0.05, 0.1) is 0 Å². The van der Waals surface area contributed by atoms with E-state index in [4.69, 9.17) is 11.6 Å². The molecule has 5 rings (SSSR count). The number of hydrogen-bond donors (Lipinski definition) is 1. The van der Waals surface area contributed by atoms with E-state index < -0.39 is 0 Å². The second kappa shape index (κ2) is 6.67. The van der Waals surface area contributed by atoms with Crippen molar-refractivity contribution in [1.29, 1.82) is 0 Å². The zero-order chi connectivity index (χ0) is 18.2. The van der Waals surface area contributed by atoms with Crippen LogP contribution in [0.15, 0.2) is 60.7 Å². The van der Waals surface area contributed by atoms with Crippen LogP contribution >= 0.6 is 11.6 Å². The highest BCUT2D eigenvalue weighted by molar-refractivity contribution is 6.30. The van der Waals surface area contributed by atoms with Gasteiger partial charge in [0.2, 0.25) is 0 Å². The maximum Gasteiger partial charge on any atom is 0.178 e. The Bertz CT molecular complexity index is 1100. The number of halogens is 1. The van der Waals surface area contributed by atoms with E-state index in [9.17, 15) is 0 Å². The summed E-state index contributed by atoms with van der Waals surface area (Å²) >= 11 is 6.02. The third kappa shape index (κ3) is 3.26. The molecule has 4 aromatic rings. The Morgan fingerprint density at radius 2 is 1.78 bits per heavy atom. The molecule has 0 spiro atoms. The third-order valence-electron chi connectivity index (χ3n) is 4.86. The Balaban J connectivity index is 1.41. The lowest BCUT2D eigenvalue weighted by Gasteiger charge is -2.12. The minimum absolute atomic E-state index is 0.508. The standard InChI is InChI=1S/C21H18ClN5/c22-17-9-7-14(8-10-17)18-4-2-1-3-16(18)13-23-19-11-12-20-24-25-21(15-5-6-15)27(20)26-19/h1-4,7-12,15H,5-6,13H2,(H,23,26). The first-order valence-electron chi connectivity index (χ1n) is 9.08. The lowest BCUT2D eigenvalue weighted by molar-refractivity contribution is 0.814. The number of benzene rings is 2. The molecule has 1 aliphatic carbocycles. The number of aromatic nitrogens is 4. The van der Waals surface area contributed by atoms with Crippen LogP contribution in [-0.2, 0) is 6.54 Å². The maximum atomic E-state index is 6.02. The predicted molar refractivity (Wildman–Crippen MR) is 107 cm³/mol. The Morgan fingerprint density at radius 3 is 2.59 bits per heavy atom. The molecule has 27 heavy (non-hydrogen) atoms. The summed E-state index contributed by atoms with van der Waals surface area (Å²) in [5.41, 5.74) is 4.33. The number of rotatable bonds is 5. The van der Waals surface area contributed by atoms with Crippen LogP contribution in [0.1, 0.15) is 30.1 Å². The van der Waals surface area contributed by atoms with Crippen molar-refractivity contribution >= 4 is 23.1 Å². The maximum absolute atomic E-state index is 6.02. The van der Waals surface area contributed by atoms with Crippen molar-refractivity contribution in [3.05, 3.63) is 77.1 Å². The lowest BCUT2D eigenvalue weighted by Crippen LogP contribution is -2.06. The Morgan fingerprint density at radius 1 is 0.963 bits per heavy atom. The number of nitrogens with one attached hydrogen (secondary N) is 1. The minimum atomic E-state index is 0.508. The summed E-state index contributed by atoms with van der Waals surface area (Å²) in [6.07, 6.45) is 2.35. The zero-order valence-electron chi connectivity index (χ0n) is 14.6. The van der Waals surface area contributed by atoms with Crippen LogP contribution in [0.5, 0.6) is 0 Å². The molecule has 5 nitrogen and oxygen atoms in total. The zero-order valence-corrected chi connectivity index (χ0v) is 15.4. The number of fused-ring (bicyclic) bond motifs is 1. The molecule has 0 bridgehead atoms. The molecule has 134 valence electrons. The van der Waals surface area contributed by atoms with Gasteiger partial charge < -0.3 is 5.32 Å². The molecule has 0 radical (unpaired) electrons. The highest BCUT2D eigenvalue weighted by atomic mass is 35.5. The van der Waals surface area contributed by atoms with Crippen LogP contribution in [0.3, 0.4) is 0 Å². The first kappa shape index (κ1) is 16.3. The van der Waals surface area contributed by atoms with E-state index in [-0.39, 0.29) is 0 Å². The molecule has 1 saturated carbocycles. The molecule has 0 unspecified atom stereocenters.